The molecule has 0 unspecified atom stereocenters. The third kappa shape index (κ3) is 4.00. The quantitative estimate of drug-likeness (QED) is 0.789. The molecular weight excluding hydrogens is 235 g/mol. The van der Waals surface area contributed by atoms with Crippen molar-refractivity contribution < 1.29 is 13.9 Å². The van der Waals surface area contributed by atoms with Crippen LogP contribution in [0.3, 0.4) is 0 Å². The number of halogens is 1. The number of benzene rings is 1. The number of nitrogens with two attached hydrogens (primary N) is 1. The number of carbonyl (C=O) groups excluding carboxylic acids is 1. The van der Waals surface area contributed by atoms with Crippen LogP contribution in [0.5, 0.6) is 0 Å². The molecule has 18 heavy (non-hydrogen) atoms. The zero-order valence-electron chi connectivity index (χ0n) is 10.9. The Labute approximate surface area is 106 Å². The Hall–Kier alpha value is -1.62. The lowest BCUT2D eigenvalue weighted by molar-refractivity contribution is -0.00815. The van der Waals surface area contributed by atoms with Gasteiger partial charge in [-0.2, -0.15) is 0 Å². The molecule has 1 amide bonds. The summed E-state index contributed by atoms with van der Waals surface area (Å²) in [5.74, 6) is -0.823. The van der Waals surface area contributed by atoms with Crippen molar-refractivity contribution in [3.8, 4) is 0 Å². The number of rotatable bonds is 5. The van der Waals surface area contributed by atoms with Crippen molar-refractivity contribution in [2.24, 2.45) is 0 Å². The molecule has 0 aliphatic heterocycles. The number of carbonyl (C=O) groups is 1. The molecule has 1 aromatic rings. The molecule has 3 N–H and O–H groups in total. The van der Waals surface area contributed by atoms with Gasteiger partial charge in [0.15, 0.2) is 0 Å². The molecule has 100 valence electrons. The van der Waals surface area contributed by atoms with Crippen LogP contribution in [0.2, 0.25) is 0 Å². The van der Waals surface area contributed by atoms with Gasteiger partial charge in [-0.05, 0) is 39.0 Å². The third-order valence-corrected chi connectivity index (χ3v) is 2.47. The van der Waals surface area contributed by atoms with Gasteiger partial charge in [0.1, 0.15) is 5.82 Å². The fraction of sp³-hybridized carbons (Fsp3) is 0.462. The molecule has 0 radical (unpaired) electrons. The lowest BCUT2D eigenvalue weighted by Gasteiger charge is -2.24. The van der Waals surface area contributed by atoms with Gasteiger partial charge >= 0.3 is 0 Å². The summed E-state index contributed by atoms with van der Waals surface area (Å²) >= 11 is 0. The summed E-state index contributed by atoms with van der Waals surface area (Å²) < 4.78 is 18.4. The molecule has 0 aliphatic rings. The van der Waals surface area contributed by atoms with Gasteiger partial charge in [0.05, 0.1) is 11.3 Å². The van der Waals surface area contributed by atoms with Crippen LogP contribution in [0, 0.1) is 5.82 Å². The highest BCUT2D eigenvalue weighted by Crippen LogP contribution is 2.13. The number of nitrogen functional groups attached to an aromatic ring is 1. The van der Waals surface area contributed by atoms with Crippen LogP contribution in [0.25, 0.3) is 0 Å². The minimum absolute atomic E-state index is 0.0354. The second kappa shape index (κ2) is 5.82. The second-order valence-electron chi connectivity index (χ2n) is 4.61. The predicted molar refractivity (Wildman–Crippen MR) is 68.9 cm³/mol. The zero-order valence-corrected chi connectivity index (χ0v) is 10.9. The van der Waals surface area contributed by atoms with Crippen molar-refractivity contribution in [1.82, 2.24) is 5.32 Å². The Kier molecular flexibility index (Phi) is 4.67. The average molecular weight is 254 g/mol. The molecule has 0 aromatic heterocycles. The zero-order chi connectivity index (χ0) is 13.8. The Morgan fingerprint density at radius 2 is 2.17 bits per heavy atom. The van der Waals surface area contributed by atoms with Crippen molar-refractivity contribution in [3.05, 3.63) is 29.6 Å². The number of amides is 1. The van der Waals surface area contributed by atoms with Crippen LogP contribution in [0.15, 0.2) is 18.2 Å². The van der Waals surface area contributed by atoms with Crippen LogP contribution in [0.4, 0.5) is 10.1 Å². The number of nitrogens with one attached hydrogen (secondary N) is 1. The summed E-state index contributed by atoms with van der Waals surface area (Å²) in [6.07, 6.45) is 0. The van der Waals surface area contributed by atoms with E-state index in [0.717, 1.165) is 0 Å². The van der Waals surface area contributed by atoms with Gasteiger partial charge in [0.25, 0.3) is 5.91 Å². The molecule has 4 nitrogen and oxygen atoms in total. The fourth-order valence-electron chi connectivity index (χ4n) is 1.52. The first-order chi connectivity index (χ1) is 8.35. The maximum absolute atomic E-state index is 13.0. The first kappa shape index (κ1) is 14.4. The fourth-order valence-corrected chi connectivity index (χ4v) is 1.52. The molecule has 1 aromatic carbocycles. The maximum Gasteiger partial charge on any atom is 0.251 e. The van der Waals surface area contributed by atoms with E-state index in [1.807, 2.05) is 20.8 Å². The largest absolute Gasteiger partial charge is 0.396 e. The minimum Gasteiger partial charge on any atom is -0.396 e. The lowest BCUT2D eigenvalue weighted by Crippen LogP contribution is -2.40. The summed E-state index contributed by atoms with van der Waals surface area (Å²) in [5.41, 5.74) is 5.27. The Balaban J connectivity index is 2.63. The van der Waals surface area contributed by atoms with E-state index >= 15 is 0 Å². The highest BCUT2D eigenvalue weighted by Gasteiger charge is 2.19. The molecule has 1 rings (SSSR count). The summed E-state index contributed by atoms with van der Waals surface area (Å²) in [6, 6.07) is 3.89. The molecule has 0 saturated carbocycles. The molecular formula is C13H19FN2O2. The van der Waals surface area contributed by atoms with Gasteiger partial charge in [-0.15, -0.1) is 0 Å². The van der Waals surface area contributed by atoms with Crippen molar-refractivity contribution in [2.45, 2.75) is 26.4 Å². The number of hydrogen-bond acceptors (Lipinski definition) is 3. The smallest absolute Gasteiger partial charge is 0.251 e. The summed E-state index contributed by atoms with van der Waals surface area (Å²) in [6.45, 7) is 6.61. The molecule has 0 spiro atoms. The van der Waals surface area contributed by atoms with E-state index < -0.39 is 11.4 Å². The van der Waals surface area contributed by atoms with E-state index in [2.05, 4.69) is 5.32 Å². The van der Waals surface area contributed by atoms with Gasteiger partial charge in [-0.3, -0.25) is 4.79 Å². The molecule has 0 fully saturated rings. The molecule has 0 bridgehead atoms. The van der Waals surface area contributed by atoms with Crippen molar-refractivity contribution >= 4 is 11.6 Å². The summed E-state index contributed by atoms with van der Waals surface area (Å²) in [7, 11) is 0. The van der Waals surface area contributed by atoms with E-state index in [9.17, 15) is 9.18 Å². The molecule has 0 aliphatic carbocycles. The molecule has 0 heterocycles. The van der Waals surface area contributed by atoms with Gasteiger partial charge in [-0.25, -0.2) is 4.39 Å². The first-order valence-electron chi connectivity index (χ1n) is 5.83. The van der Waals surface area contributed by atoms with E-state index in [-0.39, 0.29) is 11.6 Å². The summed E-state index contributed by atoms with van der Waals surface area (Å²) in [4.78, 5) is 11.8. The van der Waals surface area contributed by atoms with E-state index in [1.54, 1.807) is 0 Å². The first-order valence-corrected chi connectivity index (χ1v) is 5.83. The maximum atomic E-state index is 13.0. The lowest BCUT2D eigenvalue weighted by atomic mass is 10.1. The highest BCUT2D eigenvalue weighted by atomic mass is 19.1. The number of anilines is 1. The monoisotopic (exact) mass is 254 g/mol. The summed E-state index contributed by atoms with van der Waals surface area (Å²) in [5, 5.41) is 2.73. The third-order valence-electron chi connectivity index (χ3n) is 2.47. The Morgan fingerprint density at radius 1 is 1.50 bits per heavy atom. The van der Waals surface area contributed by atoms with Crippen LogP contribution >= 0.6 is 0 Å². The average Bonchev–Trinajstić information content (AvgIpc) is 2.30. The topological polar surface area (TPSA) is 64.3 Å². The van der Waals surface area contributed by atoms with E-state index in [1.165, 1.54) is 18.2 Å². The van der Waals surface area contributed by atoms with E-state index in [4.69, 9.17) is 10.5 Å². The van der Waals surface area contributed by atoms with Crippen LogP contribution < -0.4 is 11.1 Å². The van der Waals surface area contributed by atoms with Crippen molar-refractivity contribution in [2.75, 3.05) is 18.9 Å². The van der Waals surface area contributed by atoms with Gasteiger partial charge in [0.2, 0.25) is 0 Å². The number of hydrogen-bond donors (Lipinski definition) is 2. The Morgan fingerprint density at radius 3 is 2.72 bits per heavy atom. The second-order valence-corrected chi connectivity index (χ2v) is 4.61. The number of ether oxygens (including phenoxy) is 1. The normalized spacial score (nSPS) is 11.3. The van der Waals surface area contributed by atoms with Crippen molar-refractivity contribution in [3.63, 3.8) is 0 Å². The van der Waals surface area contributed by atoms with Crippen molar-refractivity contribution in [1.29, 1.82) is 0 Å². The molecule has 0 saturated heterocycles. The van der Waals surface area contributed by atoms with Gasteiger partial charge < -0.3 is 15.8 Å². The molecule has 5 heteroatoms. The minimum atomic E-state index is -0.527. The standard InChI is InChI=1S/C13H19FN2O2/c1-4-18-13(2,3)8-16-12(17)9-5-6-10(14)11(15)7-9/h5-7H,4,8,15H2,1-3H3,(H,16,17). The van der Waals surface area contributed by atoms with Crippen LogP contribution in [-0.2, 0) is 4.74 Å². The van der Waals surface area contributed by atoms with Gasteiger partial charge in [0, 0.05) is 18.7 Å². The highest BCUT2D eigenvalue weighted by molar-refractivity contribution is 5.95. The predicted octanol–water partition coefficient (Wildman–Crippen LogP) is 1.95. The Bertz CT molecular complexity index is 433. The van der Waals surface area contributed by atoms with Gasteiger partial charge in [-0.1, -0.05) is 0 Å². The molecule has 0 atom stereocenters. The van der Waals surface area contributed by atoms with Crippen LogP contribution in [-0.4, -0.2) is 24.7 Å². The van der Waals surface area contributed by atoms with E-state index in [0.29, 0.717) is 18.7 Å². The SMILES string of the molecule is CCOC(C)(C)CNC(=O)c1ccc(F)c(N)c1. The van der Waals surface area contributed by atoms with Crippen LogP contribution in [0.1, 0.15) is 31.1 Å².